The Kier molecular flexibility index (Phi) is 6.29. The van der Waals surface area contributed by atoms with Crippen LogP contribution in [0.4, 0.5) is 11.5 Å². The number of ether oxygens (including phenoxy) is 2. The number of anilines is 2. The molecule has 0 radical (unpaired) electrons. The maximum atomic E-state index is 12.8. The van der Waals surface area contributed by atoms with Gasteiger partial charge in [-0.3, -0.25) is 4.79 Å². The van der Waals surface area contributed by atoms with Crippen molar-refractivity contribution in [2.75, 3.05) is 38.0 Å². The van der Waals surface area contributed by atoms with Crippen molar-refractivity contribution in [3.05, 3.63) is 45.9 Å². The highest BCUT2D eigenvalue weighted by Crippen LogP contribution is 2.34. The second kappa shape index (κ2) is 9.11. The minimum Gasteiger partial charge on any atom is -0.497 e. The normalized spacial score (nSPS) is 12.4. The van der Waals surface area contributed by atoms with E-state index in [1.54, 1.807) is 32.4 Å². The SMILES string of the molecule is COc1cc(NC(=O)CN(C)c2nc(-c3ccc(Cl)s3)nc3c2CCC3)cc(OC)c1. The molecule has 0 spiro atoms. The van der Waals surface area contributed by atoms with Crippen LogP contribution in [0.3, 0.4) is 0 Å². The van der Waals surface area contributed by atoms with Crippen molar-refractivity contribution >= 4 is 40.4 Å². The molecule has 0 saturated carbocycles. The van der Waals surface area contributed by atoms with Crippen molar-refractivity contribution in [1.29, 1.82) is 0 Å². The molecular weight excluding hydrogens is 436 g/mol. The Bertz CT molecular complexity index is 1100. The van der Waals surface area contributed by atoms with E-state index in [0.29, 0.717) is 27.3 Å². The largest absolute Gasteiger partial charge is 0.497 e. The molecule has 162 valence electrons. The molecule has 0 atom stereocenters. The van der Waals surface area contributed by atoms with Crippen LogP contribution in [0.1, 0.15) is 17.7 Å². The first-order valence-electron chi connectivity index (χ1n) is 9.86. The van der Waals surface area contributed by atoms with Gasteiger partial charge in [0.1, 0.15) is 17.3 Å². The van der Waals surface area contributed by atoms with E-state index in [0.717, 1.165) is 41.2 Å². The summed E-state index contributed by atoms with van der Waals surface area (Å²) in [4.78, 5) is 25.1. The van der Waals surface area contributed by atoms with E-state index in [2.05, 4.69) is 5.32 Å². The highest BCUT2D eigenvalue weighted by Gasteiger charge is 2.23. The zero-order chi connectivity index (χ0) is 22.0. The summed E-state index contributed by atoms with van der Waals surface area (Å²) in [5.41, 5.74) is 2.77. The molecule has 9 heteroatoms. The number of nitrogens with zero attached hydrogens (tertiary/aromatic N) is 3. The molecule has 1 aromatic carbocycles. The number of nitrogens with one attached hydrogen (secondary N) is 1. The Labute approximate surface area is 190 Å². The third kappa shape index (κ3) is 4.75. The second-order valence-electron chi connectivity index (χ2n) is 7.26. The number of thiophene rings is 1. The van der Waals surface area contributed by atoms with Crippen LogP contribution in [0, 0.1) is 0 Å². The quantitative estimate of drug-likeness (QED) is 0.564. The van der Waals surface area contributed by atoms with Gasteiger partial charge >= 0.3 is 0 Å². The first-order chi connectivity index (χ1) is 15.0. The molecule has 0 fully saturated rings. The number of amides is 1. The van der Waals surface area contributed by atoms with Gasteiger partial charge in [0.05, 0.1) is 30.0 Å². The van der Waals surface area contributed by atoms with Crippen LogP contribution >= 0.6 is 22.9 Å². The lowest BCUT2D eigenvalue weighted by atomic mass is 10.2. The van der Waals surface area contributed by atoms with E-state index in [1.807, 2.05) is 24.1 Å². The molecular formula is C22H23ClN4O3S. The van der Waals surface area contributed by atoms with E-state index < -0.39 is 0 Å². The zero-order valence-corrected chi connectivity index (χ0v) is 19.1. The van der Waals surface area contributed by atoms with Gasteiger partial charge in [-0.15, -0.1) is 11.3 Å². The molecule has 1 N–H and O–H groups in total. The van der Waals surface area contributed by atoms with Gasteiger partial charge in [-0.2, -0.15) is 0 Å². The fraction of sp³-hybridized carbons (Fsp3) is 0.318. The Morgan fingerprint density at radius 3 is 2.55 bits per heavy atom. The van der Waals surface area contributed by atoms with Gasteiger partial charge in [-0.25, -0.2) is 9.97 Å². The smallest absolute Gasteiger partial charge is 0.243 e. The van der Waals surface area contributed by atoms with E-state index in [-0.39, 0.29) is 12.5 Å². The number of aromatic nitrogens is 2. The van der Waals surface area contributed by atoms with E-state index >= 15 is 0 Å². The molecule has 0 aliphatic heterocycles. The number of carbonyl (C=O) groups excluding carboxylic acids is 1. The average Bonchev–Trinajstić information content (AvgIpc) is 3.41. The number of benzene rings is 1. The highest BCUT2D eigenvalue weighted by molar-refractivity contribution is 7.19. The molecule has 2 aromatic heterocycles. The standard InChI is InChI=1S/C22H23ClN4O3S/c1-27(12-20(28)24-13-9-14(29-2)11-15(10-13)30-3)22-16-5-4-6-17(16)25-21(26-22)18-7-8-19(23)31-18/h7-11H,4-6,12H2,1-3H3,(H,24,28). The summed E-state index contributed by atoms with van der Waals surface area (Å²) >= 11 is 7.55. The van der Waals surface area contributed by atoms with E-state index in [9.17, 15) is 4.79 Å². The van der Waals surface area contributed by atoms with Gasteiger partial charge in [0.2, 0.25) is 5.91 Å². The van der Waals surface area contributed by atoms with Crippen LogP contribution in [0.25, 0.3) is 10.7 Å². The van der Waals surface area contributed by atoms with Gasteiger partial charge in [-0.1, -0.05) is 11.6 Å². The van der Waals surface area contributed by atoms with Crippen molar-refractivity contribution in [3.63, 3.8) is 0 Å². The summed E-state index contributed by atoms with van der Waals surface area (Å²) in [5, 5.41) is 2.91. The van der Waals surface area contributed by atoms with E-state index in [4.69, 9.17) is 31.0 Å². The molecule has 0 saturated heterocycles. The maximum absolute atomic E-state index is 12.8. The number of rotatable bonds is 7. The number of hydrogen-bond acceptors (Lipinski definition) is 7. The Morgan fingerprint density at radius 2 is 1.90 bits per heavy atom. The van der Waals surface area contributed by atoms with Crippen LogP contribution in [0.15, 0.2) is 30.3 Å². The van der Waals surface area contributed by atoms with Crippen LogP contribution in [-0.2, 0) is 17.6 Å². The predicted molar refractivity (Wildman–Crippen MR) is 124 cm³/mol. The number of fused-ring (bicyclic) bond motifs is 1. The molecule has 0 bridgehead atoms. The lowest BCUT2D eigenvalue weighted by molar-refractivity contribution is -0.114. The number of hydrogen-bond donors (Lipinski definition) is 1. The fourth-order valence-corrected chi connectivity index (χ4v) is 4.62. The summed E-state index contributed by atoms with van der Waals surface area (Å²) in [6.07, 6.45) is 2.87. The highest BCUT2D eigenvalue weighted by atomic mass is 35.5. The molecule has 3 aromatic rings. The third-order valence-corrected chi connectivity index (χ3v) is 6.31. The second-order valence-corrected chi connectivity index (χ2v) is 8.97. The number of carbonyl (C=O) groups is 1. The summed E-state index contributed by atoms with van der Waals surface area (Å²) in [5.74, 6) is 2.49. The fourth-order valence-electron chi connectivity index (χ4n) is 3.64. The minimum atomic E-state index is -0.163. The summed E-state index contributed by atoms with van der Waals surface area (Å²) < 4.78 is 11.2. The molecule has 7 nitrogen and oxygen atoms in total. The van der Waals surface area contributed by atoms with Gasteiger partial charge in [0, 0.05) is 42.2 Å². The number of aryl methyl sites for hydroxylation is 1. The molecule has 31 heavy (non-hydrogen) atoms. The van der Waals surface area contributed by atoms with Crippen LogP contribution in [0.5, 0.6) is 11.5 Å². The monoisotopic (exact) mass is 458 g/mol. The maximum Gasteiger partial charge on any atom is 0.243 e. The van der Waals surface area contributed by atoms with Crippen molar-refractivity contribution in [2.24, 2.45) is 0 Å². The van der Waals surface area contributed by atoms with Crippen molar-refractivity contribution in [2.45, 2.75) is 19.3 Å². The first-order valence-corrected chi connectivity index (χ1v) is 11.1. The molecule has 0 unspecified atom stereocenters. The van der Waals surface area contributed by atoms with Gasteiger partial charge in [0.25, 0.3) is 0 Å². The lowest BCUT2D eigenvalue weighted by Crippen LogP contribution is -2.31. The van der Waals surface area contributed by atoms with Crippen molar-refractivity contribution < 1.29 is 14.3 Å². The third-order valence-electron chi connectivity index (χ3n) is 5.08. The lowest BCUT2D eigenvalue weighted by Gasteiger charge is -2.21. The minimum absolute atomic E-state index is 0.146. The zero-order valence-electron chi connectivity index (χ0n) is 17.6. The van der Waals surface area contributed by atoms with Crippen LogP contribution in [0.2, 0.25) is 4.34 Å². The van der Waals surface area contributed by atoms with Crippen molar-refractivity contribution in [3.8, 4) is 22.2 Å². The van der Waals surface area contributed by atoms with E-state index in [1.165, 1.54) is 11.3 Å². The number of methoxy groups -OCH3 is 2. The summed E-state index contributed by atoms with van der Waals surface area (Å²) in [6.45, 7) is 0.146. The van der Waals surface area contributed by atoms with Crippen LogP contribution < -0.4 is 19.7 Å². The summed E-state index contributed by atoms with van der Waals surface area (Å²) in [7, 11) is 5.02. The molecule has 4 rings (SSSR count). The van der Waals surface area contributed by atoms with Crippen LogP contribution in [-0.4, -0.2) is 43.7 Å². The van der Waals surface area contributed by atoms with Gasteiger partial charge < -0.3 is 19.7 Å². The molecule has 1 amide bonds. The Balaban J connectivity index is 1.55. The molecule has 1 aliphatic rings. The Morgan fingerprint density at radius 1 is 1.16 bits per heavy atom. The average molecular weight is 459 g/mol. The number of halogens is 1. The van der Waals surface area contributed by atoms with Gasteiger partial charge in [0.15, 0.2) is 5.82 Å². The topological polar surface area (TPSA) is 76.6 Å². The first kappa shape index (κ1) is 21.4. The predicted octanol–water partition coefficient (Wildman–Crippen LogP) is 4.44. The molecule has 1 aliphatic carbocycles. The Hall–Kier alpha value is -2.84. The van der Waals surface area contributed by atoms with Crippen molar-refractivity contribution in [1.82, 2.24) is 9.97 Å². The van der Waals surface area contributed by atoms with Gasteiger partial charge in [-0.05, 0) is 31.4 Å². The number of likely N-dealkylation sites (N-methyl/N-ethyl adjacent to an activating group) is 1. The summed E-state index contributed by atoms with van der Waals surface area (Å²) in [6, 6.07) is 9.03. The molecule has 2 heterocycles.